The minimum Gasteiger partial charge on any atom is -0.372 e. The summed E-state index contributed by atoms with van der Waals surface area (Å²) in [5.41, 5.74) is 9.86. The van der Waals surface area contributed by atoms with Gasteiger partial charge in [0.05, 0.1) is 0 Å². The quantitative estimate of drug-likeness (QED) is 0.845. The molecule has 0 saturated heterocycles. The van der Waals surface area contributed by atoms with E-state index >= 15 is 0 Å². The molecule has 2 nitrogen and oxygen atoms in total. The fourth-order valence-electron chi connectivity index (χ4n) is 1.85. The predicted molar refractivity (Wildman–Crippen MR) is 72.1 cm³/mol. The highest BCUT2D eigenvalue weighted by molar-refractivity contribution is 5.55. The standard InChI is InChI=1S/C14H24N2/c1-10(2)16(5)14-7-6-11(3)8-13(14)9-12(4)15/h6-8,10,12H,9,15H2,1-5H3. The van der Waals surface area contributed by atoms with Crippen molar-refractivity contribution in [3.8, 4) is 0 Å². The molecule has 0 aliphatic carbocycles. The molecule has 90 valence electrons. The monoisotopic (exact) mass is 220 g/mol. The van der Waals surface area contributed by atoms with E-state index in [9.17, 15) is 0 Å². The maximum absolute atomic E-state index is 5.90. The van der Waals surface area contributed by atoms with Gasteiger partial charge in [0, 0.05) is 24.8 Å². The molecule has 0 fully saturated rings. The molecule has 0 aliphatic rings. The highest BCUT2D eigenvalue weighted by Crippen LogP contribution is 2.23. The second-order valence-corrected chi connectivity index (χ2v) is 5.02. The second-order valence-electron chi connectivity index (χ2n) is 5.02. The largest absolute Gasteiger partial charge is 0.372 e. The van der Waals surface area contributed by atoms with Gasteiger partial charge >= 0.3 is 0 Å². The van der Waals surface area contributed by atoms with Crippen LogP contribution >= 0.6 is 0 Å². The highest BCUT2D eigenvalue weighted by atomic mass is 15.1. The van der Waals surface area contributed by atoms with Gasteiger partial charge in [0.15, 0.2) is 0 Å². The van der Waals surface area contributed by atoms with E-state index in [-0.39, 0.29) is 6.04 Å². The summed E-state index contributed by atoms with van der Waals surface area (Å²) in [5.74, 6) is 0. The molecule has 1 atom stereocenters. The third-order valence-electron chi connectivity index (χ3n) is 2.93. The van der Waals surface area contributed by atoms with Gasteiger partial charge in [-0.2, -0.15) is 0 Å². The van der Waals surface area contributed by atoms with E-state index in [0.29, 0.717) is 6.04 Å². The van der Waals surface area contributed by atoms with Crippen LogP contribution in [0.1, 0.15) is 31.9 Å². The van der Waals surface area contributed by atoms with E-state index in [2.05, 4.69) is 57.8 Å². The normalized spacial score (nSPS) is 12.9. The molecule has 0 bridgehead atoms. The van der Waals surface area contributed by atoms with Gasteiger partial charge in [0.1, 0.15) is 0 Å². The Labute approximate surface area is 99.5 Å². The maximum Gasteiger partial charge on any atom is 0.0399 e. The molecule has 2 N–H and O–H groups in total. The summed E-state index contributed by atoms with van der Waals surface area (Å²) in [7, 11) is 2.14. The molecule has 1 unspecified atom stereocenters. The van der Waals surface area contributed by atoms with Gasteiger partial charge in [-0.1, -0.05) is 17.7 Å². The van der Waals surface area contributed by atoms with Crippen LogP contribution in [-0.4, -0.2) is 19.1 Å². The highest BCUT2D eigenvalue weighted by Gasteiger charge is 2.11. The van der Waals surface area contributed by atoms with Crippen LogP contribution in [0, 0.1) is 6.92 Å². The number of anilines is 1. The number of rotatable bonds is 4. The van der Waals surface area contributed by atoms with Crippen molar-refractivity contribution in [2.24, 2.45) is 5.73 Å². The lowest BCUT2D eigenvalue weighted by atomic mass is 10.0. The summed E-state index contributed by atoms with van der Waals surface area (Å²) in [6.07, 6.45) is 0.939. The van der Waals surface area contributed by atoms with E-state index in [1.807, 2.05) is 0 Å². The van der Waals surface area contributed by atoms with Crippen LogP contribution in [0.5, 0.6) is 0 Å². The zero-order valence-electron chi connectivity index (χ0n) is 11.1. The molecule has 0 heterocycles. The van der Waals surface area contributed by atoms with Gasteiger partial charge in [-0.05, 0) is 45.7 Å². The molecule has 0 amide bonds. The fraction of sp³-hybridized carbons (Fsp3) is 0.571. The lowest BCUT2D eigenvalue weighted by Gasteiger charge is -2.27. The zero-order chi connectivity index (χ0) is 12.3. The summed E-state index contributed by atoms with van der Waals surface area (Å²) in [5, 5.41) is 0. The van der Waals surface area contributed by atoms with Crippen molar-refractivity contribution >= 4 is 5.69 Å². The van der Waals surface area contributed by atoms with Crippen molar-refractivity contribution in [2.75, 3.05) is 11.9 Å². The van der Waals surface area contributed by atoms with Gasteiger partial charge in [-0.25, -0.2) is 0 Å². The summed E-state index contributed by atoms with van der Waals surface area (Å²) in [4.78, 5) is 2.30. The van der Waals surface area contributed by atoms with Gasteiger partial charge in [-0.3, -0.25) is 0 Å². The van der Waals surface area contributed by atoms with Crippen LogP contribution in [-0.2, 0) is 6.42 Å². The zero-order valence-corrected chi connectivity index (χ0v) is 11.1. The Kier molecular flexibility index (Phi) is 4.36. The number of hydrogen-bond donors (Lipinski definition) is 1. The molecular formula is C14H24N2. The average molecular weight is 220 g/mol. The molecule has 0 aromatic heterocycles. The van der Waals surface area contributed by atoms with Crippen LogP contribution < -0.4 is 10.6 Å². The molecule has 1 aromatic carbocycles. The van der Waals surface area contributed by atoms with Gasteiger partial charge in [-0.15, -0.1) is 0 Å². The molecule has 0 saturated carbocycles. The maximum atomic E-state index is 5.90. The van der Waals surface area contributed by atoms with E-state index in [4.69, 9.17) is 5.73 Å². The van der Waals surface area contributed by atoms with Crippen LogP contribution in [0.2, 0.25) is 0 Å². The molecular weight excluding hydrogens is 196 g/mol. The van der Waals surface area contributed by atoms with Crippen molar-refractivity contribution < 1.29 is 0 Å². The summed E-state index contributed by atoms with van der Waals surface area (Å²) < 4.78 is 0. The number of nitrogens with two attached hydrogens (primary N) is 1. The minimum absolute atomic E-state index is 0.209. The van der Waals surface area contributed by atoms with Crippen LogP contribution in [0.15, 0.2) is 18.2 Å². The van der Waals surface area contributed by atoms with Gasteiger partial charge < -0.3 is 10.6 Å². The summed E-state index contributed by atoms with van der Waals surface area (Å²) in [6.45, 7) is 8.59. The second kappa shape index (κ2) is 5.35. The number of benzene rings is 1. The van der Waals surface area contributed by atoms with Crippen LogP contribution in [0.4, 0.5) is 5.69 Å². The van der Waals surface area contributed by atoms with Crippen molar-refractivity contribution in [2.45, 2.75) is 46.2 Å². The van der Waals surface area contributed by atoms with E-state index < -0.39 is 0 Å². The Morgan fingerprint density at radius 2 is 1.88 bits per heavy atom. The predicted octanol–water partition coefficient (Wildman–Crippen LogP) is 2.73. The van der Waals surface area contributed by atoms with Crippen molar-refractivity contribution in [3.05, 3.63) is 29.3 Å². The van der Waals surface area contributed by atoms with Crippen LogP contribution in [0.25, 0.3) is 0 Å². The first-order chi connectivity index (χ1) is 7.41. The first-order valence-electron chi connectivity index (χ1n) is 5.99. The topological polar surface area (TPSA) is 29.3 Å². The number of aryl methyl sites for hydroxylation is 1. The Hall–Kier alpha value is -1.02. The van der Waals surface area contributed by atoms with Gasteiger partial charge in [0.25, 0.3) is 0 Å². The van der Waals surface area contributed by atoms with Crippen LogP contribution in [0.3, 0.4) is 0 Å². The smallest absolute Gasteiger partial charge is 0.0399 e. The molecule has 2 heteroatoms. The fourth-order valence-corrected chi connectivity index (χ4v) is 1.85. The SMILES string of the molecule is Cc1ccc(N(C)C(C)C)c(CC(C)N)c1. The van der Waals surface area contributed by atoms with Crippen molar-refractivity contribution in [3.63, 3.8) is 0 Å². The van der Waals surface area contributed by atoms with E-state index in [1.54, 1.807) is 0 Å². The molecule has 0 spiro atoms. The summed E-state index contributed by atoms with van der Waals surface area (Å²) >= 11 is 0. The Balaban J connectivity index is 3.06. The molecule has 16 heavy (non-hydrogen) atoms. The number of nitrogens with zero attached hydrogens (tertiary/aromatic N) is 1. The lowest BCUT2D eigenvalue weighted by molar-refractivity contribution is 0.716. The van der Waals surface area contributed by atoms with Crippen molar-refractivity contribution in [1.29, 1.82) is 0 Å². The number of hydrogen-bond acceptors (Lipinski definition) is 2. The Morgan fingerprint density at radius 1 is 1.25 bits per heavy atom. The third-order valence-corrected chi connectivity index (χ3v) is 2.93. The minimum atomic E-state index is 0.209. The molecule has 1 rings (SSSR count). The molecule has 0 aliphatic heterocycles. The van der Waals surface area contributed by atoms with E-state index in [0.717, 1.165) is 6.42 Å². The van der Waals surface area contributed by atoms with Crippen molar-refractivity contribution in [1.82, 2.24) is 0 Å². The van der Waals surface area contributed by atoms with E-state index in [1.165, 1.54) is 16.8 Å². The third kappa shape index (κ3) is 3.24. The lowest BCUT2D eigenvalue weighted by Crippen LogP contribution is -2.28. The first kappa shape index (κ1) is 13.0. The van der Waals surface area contributed by atoms with Gasteiger partial charge in [0.2, 0.25) is 0 Å². The summed E-state index contributed by atoms with van der Waals surface area (Å²) in [6, 6.07) is 7.33. The Bertz CT molecular complexity index is 343. The Morgan fingerprint density at radius 3 is 2.38 bits per heavy atom. The first-order valence-corrected chi connectivity index (χ1v) is 5.99. The molecule has 1 aromatic rings. The molecule has 0 radical (unpaired) electrons. The average Bonchev–Trinajstić information content (AvgIpc) is 2.15.